The van der Waals surface area contributed by atoms with Crippen molar-refractivity contribution in [3.63, 3.8) is 0 Å². The van der Waals surface area contributed by atoms with Crippen molar-refractivity contribution in [3.05, 3.63) is 80.0 Å². The van der Waals surface area contributed by atoms with Crippen LogP contribution in [0.25, 0.3) is 0 Å². The molecule has 6 heteroatoms. The predicted molar refractivity (Wildman–Crippen MR) is 126 cm³/mol. The summed E-state index contributed by atoms with van der Waals surface area (Å²) in [4.78, 5) is 45.6. The van der Waals surface area contributed by atoms with Crippen LogP contribution in [0.1, 0.15) is 82.8 Å². The lowest BCUT2D eigenvalue weighted by molar-refractivity contribution is -0.362. The van der Waals surface area contributed by atoms with E-state index < -0.39 is 11.9 Å². The lowest BCUT2D eigenvalue weighted by Crippen LogP contribution is -2.18. The van der Waals surface area contributed by atoms with E-state index in [1.807, 2.05) is 69.2 Å². The second-order valence-electron chi connectivity index (χ2n) is 8.53. The Balaban J connectivity index is 2.12. The number of hydrogen-bond donors (Lipinski definition) is 0. The number of carbonyl (C=O) groups is 2. The highest BCUT2D eigenvalue weighted by Gasteiger charge is 2.25. The Kier molecular flexibility index (Phi) is 8.44. The summed E-state index contributed by atoms with van der Waals surface area (Å²) in [6.07, 6.45) is -0.280. The van der Waals surface area contributed by atoms with Crippen LogP contribution in [0, 0.1) is 82.5 Å². The average Bonchev–Trinajstić information content (AvgIpc) is 2.79. The van der Waals surface area contributed by atoms with Crippen molar-refractivity contribution in [1.29, 1.82) is 0 Å². The molecule has 0 atom stereocenters. The molecule has 2 aromatic rings. The molecule has 6 nitrogen and oxygen atoms in total. The van der Waals surface area contributed by atoms with Crippen LogP contribution >= 0.6 is 0 Å². The van der Waals surface area contributed by atoms with Gasteiger partial charge in [-0.1, -0.05) is 0 Å². The maximum absolute atomic E-state index is 12.7. The van der Waals surface area contributed by atoms with E-state index in [-0.39, 0.29) is 12.7 Å². The maximum atomic E-state index is 12.7. The lowest BCUT2D eigenvalue weighted by atomic mass is 9.90. The van der Waals surface area contributed by atoms with Gasteiger partial charge in [0.2, 0.25) is 0 Å². The van der Waals surface area contributed by atoms with Crippen molar-refractivity contribution in [2.45, 2.75) is 75.7 Å². The fourth-order valence-electron chi connectivity index (χ4n) is 3.96. The number of rotatable bonds is 7. The van der Waals surface area contributed by atoms with Crippen LogP contribution in [0.15, 0.2) is 0 Å². The van der Waals surface area contributed by atoms with Gasteiger partial charge in [-0.2, -0.15) is 0 Å². The minimum Gasteiger partial charge on any atom is -0.289 e. The summed E-state index contributed by atoms with van der Waals surface area (Å²) in [6, 6.07) is 0. The van der Waals surface area contributed by atoms with Crippen LogP contribution in [-0.4, -0.2) is 11.9 Å². The van der Waals surface area contributed by atoms with Gasteiger partial charge in [-0.05, 0) is 132 Å². The molecule has 0 amide bonds. The van der Waals surface area contributed by atoms with Gasteiger partial charge in [-0.25, -0.2) is 9.59 Å². The topological polar surface area (TPSA) is 71.1 Å². The summed E-state index contributed by atoms with van der Waals surface area (Å²) in [6.45, 7) is 23.0. The highest BCUT2D eigenvalue weighted by atomic mass is 17.3. The molecule has 33 heavy (non-hydrogen) atoms. The molecule has 0 saturated carbocycles. The van der Waals surface area contributed by atoms with Gasteiger partial charge in [0.15, 0.2) is 0 Å². The zero-order chi connectivity index (χ0) is 25.2. The van der Waals surface area contributed by atoms with Crippen molar-refractivity contribution in [3.8, 4) is 0 Å². The third-order valence-electron chi connectivity index (χ3n) is 7.03. The molecule has 2 radical (unpaired) electrons. The van der Waals surface area contributed by atoms with Crippen LogP contribution in [0.2, 0.25) is 0 Å². The fourth-order valence-corrected chi connectivity index (χ4v) is 3.96. The monoisotopic (exact) mass is 454 g/mol. The third-order valence-corrected chi connectivity index (χ3v) is 7.03. The summed E-state index contributed by atoms with van der Waals surface area (Å²) >= 11 is 0. The fraction of sp³-hybridized carbons (Fsp3) is 0.407. The van der Waals surface area contributed by atoms with Crippen LogP contribution in [0.4, 0.5) is 0 Å². The molecule has 2 rings (SSSR count). The molecule has 0 heterocycles. The molecular formula is C27H34O6. The van der Waals surface area contributed by atoms with Crippen molar-refractivity contribution >= 4 is 11.9 Å². The third kappa shape index (κ3) is 5.12. The summed E-state index contributed by atoms with van der Waals surface area (Å²) in [5.41, 5.74) is 10.5. The standard InChI is InChI=1S/C27H34O6/c1-12-23(30-32-26(28)24-19(8)15(4)13(2)16(5)20(24)9)31-33-27(29)25-21(10)17(6)14(3)18(7)22(25)11/h1,12H2,2-11H3. The molecule has 0 bridgehead atoms. The van der Waals surface area contributed by atoms with E-state index >= 15 is 0 Å². The Bertz CT molecular complexity index is 953. The minimum atomic E-state index is -0.659. The Morgan fingerprint density at radius 1 is 0.485 bits per heavy atom. The summed E-state index contributed by atoms with van der Waals surface area (Å²) < 4.78 is 0. The van der Waals surface area contributed by atoms with Crippen LogP contribution < -0.4 is 0 Å². The largest absolute Gasteiger partial charge is 0.373 e. The molecule has 2 aromatic carbocycles. The quantitative estimate of drug-likeness (QED) is 0.358. The summed E-state index contributed by atoms with van der Waals surface area (Å²) in [7, 11) is 0. The van der Waals surface area contributed by atoms with Crippen LogP contribution in [-0.2, 0) is 19.6 Å². The lowest BCUT2D eigenvalue weighted by Gasteiger charge is -2.19. The molecule has 0 fully saturated rings. The van der Waals surface area contributed by atoms with Crippen molar-refractivity contribution in [2.75, 3.05) is 0 Å². The van der Waals surface area contributed by atoms with Gasteiger partial charge in [-0.3, -0.25) is 9.78 Å². The molecule has 0 spiro atoms. The first-order valence-electron chi connectivity index (χ1n) is 10.9. The van der Waals surface area contributed by atoms with E-state index in [1.165, 1.54) is 0 Å². The molecular weight excluding hydrogens is 420 g/mol. The number of benzene rings is 2. The van der Waals surface area contributed by atoms with Crippen LogP contribution in [0.5, 0.6) is 0 Å². The average molecular weight is 455 g/mol. The molecule has 0 aliphatic carbocycles. The molecule has 0 unspecified atom stereocenters. The summed E-state index contributed by atoms with van der Waals surface area (Å²) in [5.74, 6) is -1.32. The number of carbonyl (C=O) groups excluding carboxylic acids is 2. The first-order chi connectivity index (χ1) is 15.3. The zero-order valence-corrected chi connectivity index (χ0v) is 21.4. The normalized spacial score (nSPS) is 11.2. The minimum absolute atomic E-state index is 0.0333. The molecule has 0 saturated heterocycles. The molecule has 0 aliphatic rings. The highest BCUT2D eigenvalue weighted by Crippen LogP contribution is 2.28. The Hall–Kier alpha value is -2.70. The summed E-state index contributed by atoms with van der Waals surface area (Å²) in [5, 5.41) is 0. The highest BCUT2D eigenvalue weighted by molar-refractivity contribution is 5.94. The van der Waals surface area contributed by atoms with E-state index in [9.17, 15) is 9.59 Å². The molecule has 0 aromatic heterocycles. The second kappa shape index (κ2) is 10.5. The molecule has 178 valence electrons. The first kappa shape index (κ1) is 26.6. The Labute approximate surface area is 197 Å². The van der Waals surface area contributed by atoms with Gasteiger partial charge in [0.1, 0.15) is 0 Å². The van der Waals surface area contributed by atoms with Gasteiger partial charge in [0, 0.05) is 6.42 Å². The van der Waals surface area contributed by atoms with E-state index in [4.69, 9.17) is 19.6 Å². The van der Waals surface area contributed by atoms with Crippen molar-refractivity contribution < 1.29 is 29.1 Å². The maximum Gasteiger partial charge on any atom is 0.373 e. The first-order valence-corrected chi connectivity index (χ1v) is 10.9. The predicted octanol–water partition coefficient (Wildman–Crippen LogP) is 6.36. The van der Waals surface area contributed by atoms with E-state index in [0.29, 0.717) is 11.1 Å². The van der Waals surface area contributed by atoms with E-state index in [1.54, 1.807) is 0 Å². The van der Waals surface area contributed by atoms with Gasteiger partial charge in [-0.15, -0.1) is 9.78 Å². The van der Waals surface area contributed by atoms with Crippen LogP contribution in [0.3, 0.4) is 0 Å². The smallest absolute Gasteiger partial charge is 0.289 e. The van der Waals surface area contributed by atoms with Gasteiger partial charge >= 0.3 is 18.2 Å². The second-order valence-corrected chi connectivity index (χ2v) is 8.53. The zero-order valence-electron chi connectivity index (χ0n) is 21.4. The molecule has 0 N–H and O–H groups in total. The van der Waals surface area contributed by atoms with Gasteiger partial charge in [0.05, 0.1) is 11.1 Å². The number of hydrogen-bond acceptors (Lipinski definition) is 6. The Morgan fingerprint density at radius 3 is 0.970 bits per heavy atom. The van der Waals surface area contributed by atoms with Crippen molar-refractivity contribution in [2.24, 2.45) is 0 Å². The van der Waals surface area contributed by atoms with E-state index in [0.717, 1.165) is 55.6 Å². The molecule has 0 aliphatic heterocycles. The Morgan fingerprint density at radius 2 is 0.727 bits per heavy atom. The van der Waals surface area contributed by atoms with Crippen molar-refractivity contribution in [1.82, 2.24) is 0 Å². The van der Waals surface area contributed by atoms with Gasteiger partial charge < -0.3 is 0 Å². The van der Waals surface area contributed by atoms with E-state index in [2.05, 4.69) is 6.92 Å². The van der Waals surface area contributed by atoms with Gasteiger partial charge in [0.25, 0.3) is 0 Å². The SMILES string of the molecule is [CH2]C[C](OOC(=O)c1c(C)c(C)c(C)c(C)c1C)OOC(=O)c1c(C)c(C)c(C)c(C)c1C.